The van der Waals surface area contributed by atoms with Gasteiger partial charge >= 0.3 is 5.97 Å². The molecule has 20 heavy (non-hydrogen) atoms. The molecule has 0 aliphatic heterocycles. The first-order valence-corrected chi connectivity index (χ1v) is 6.87. The van der Waals surface area contributed by atoms with Crippen LogP contribution in [-0.4, -0.2) is 15.6 Å². The van der Waals surface area contributed by atoms with E-state index in [1.165, 1.54) is 6.20 Å². The van der Waals surface area contributed by atoms with Crippen LogP contribution in [0.15, 0.2) is 17.1 Å². The summed E-state index contributed by atoms with van der Waals surface area (Å²) in [5, 5.41) is 9.89. The zero-order chi connectivity index (χ0) is 14.6. The van der Waals surface area contributed by atoms with E-state index in [2.05, 4.69) is 0 Å². The van der Waals surface area contributed by atoms with Crippen LogP contribution in [0, 0.1) is 13.8 Å². The van der Waals surface area contributed by atoms with Crippen molar-refractivity contribution in [3.63, 3.8) is 0 Å². The van der Waals surface area contributed by atoms with Gasteiger partial charge in [-0.2, -0.15) is 0 Å². The quantitative estimate of drug-likeness (QED) is 0.923. The molecular formula is C15H14ClNO3. The lowest BCUT2D eigenvalue weighted by molar-refractivity contribution is 0.0695. The van der Waals surface area contributed by atoms with Crippen molar-refractivity contribution in [1.29, 1.82) is 0 Å². The van der Waals surface area contributed by atoms with Crippen LogP contribution in [0.4, 0.5) is 0 Å². The summed E-state index contributed by atoms with van der Waals surface area (Å²) in [5.74, 6) is -1.21. The predicted octanol–water partition coefficient (Wildman–Crippen LogP) is 3.30. The third-order valence-electron chi connectivity index (χ3n) is 3.94. The molecule has 1 aromatic heterocycles. The number of nitrogens with zero attached hydrogens (tertiary/aromatic N) is 1. The highest BCUT2D eigenvalue weighted by Gasteiger charge is 2.27. The Bertz CT molecular complexity index is 803. The van der Waals surface area contributed by atoms with Gasteiger partial charge < -0.3 is 9.67 Å². The van der Waals surface area contributed by atoms with Gasteiger partial charge in [-0.1, -0.05) is 11.6 Å². The zero-order valence-electron chi connectivity index (χ0n) is 11.2. The molecule has 5 heteroatoms. The number of hydrogen-bond acceptors (Lipinski definition) is 2. The van der Waals surface area contributed by atoms with Crippen molar-refractivity contribution in [2.24, 2.45) is 0 Å². The molecule has 1 heterocycles. The Labute approximate surface area is 120 Å². The number of aromatic nitrogens is 1. The Balaban J connectivity index is 2.52. The number of fused-ring (bicyclic) bond motifs is 1. The Kier molecular flexibility index (Phi) is 2.87. The van der Waals surface area contributed by atoms with Gasteiger partial charge in [-0.25, -0.2) is 4.79 Å². The van der Waals surface area contributed by atoms with Gasteiger partial charge in [0.05, 0.1) is 15.9 Å². The van der Waals surface area contributed by atoms with Gasteiger partial charge in [-0.05, 0) is 43.9 Å². The van der Waals surface area contributed by atoms with E-state index in [-0.39, 0.29) is 11.6 Å². The summed E-state index contributed by atoms with van der Waals surface area (Å²) in [4.78, 5) is 23.6. The number of pyridine rings is 1. The van der Waals surface area contributed by atoms with Gasteiger partial charge in [0.25, 0.3) is 0 Å². The molecule has 1 fully saturated rings. The summed E-state index contributed by atoms with van der Waals surface area (Å²) < 4.78 is 1.89. The Morgan fingerprint density at radius 2 is 2.05 bits per heavy atom. The molecule has 1 aliphatic rings. The molecule has 1 aromatic carbocycles. The van der Waals surface area contributed by atoms with Gasteiger partial charge in [-0.15, -0.1) is 0 Å². The summed E-state index contributed by atoms with van der Waals surface area (Å²) in [6.45, 7) is 3.78. The van der Waals surface area contributed by atoms with Crippen LogP contribution < -0.4 is 5.43 Å². The number of halogens is 1. The molecule has 0 unspecified atom stereocenters. The van der Waals surface area contributed by atoms with Gasteiger partial charge in [0, 0.05) is 12.2 Å². The van der Waals surface area contributed by atoms with Crippen LogP contribution in [-0.2, 0) is 0 Å². The third-order valence-corrected chi connectivity index (χ3v) is 4.41. The standard InChI is InChI=1S/C15H14ClNO3/c1-7-5-11-12(13(16)8(7)2)14(18)10(15(19)20)6-17(11)9-3-4-9/h5-6,9H,3-4H2,1-2H3,(H,19,20). The van der Waals surface area contributed by atoms with E-state index in [4.69, 9.17) is 11.6 Å². The van der Waals surface area contributed by atoms with Crippen molar-refractivity contribution in [2.45, 2.75) is 32.7 Å². The maximum absolute atomic E-state index is 12.4. The first-order chi connectivity index (χ1) is 9.41. The lowest BCUT2D eigenvalue weighted by Crippen LogP contribution is -2.19. The van der Waals surface area contributed by atoms with Crippen molar-refractivity contribution >= 4 is 28.5 Å². The minimum absolute atomic E-state index is 0.213. The highest BCUT2D eigenvalue weighted by atomic mass is 35.5. The summed E-state index contributed by atoms with van der Waals surface area (Å²) in [7, 11) is 0. The number of aryl methyl sites for hydroxylation is 1. The largest absolute Gasteiger partial charge is 0.477 e. The van der Waals surface area contributed by atoms with E-state index in [1.807, 2.05) is 24.5 Å². The molecule has 1 saturated carbocycles. The average Bonchev–Trinajstić information content (AvgIpc) is 3.20. The number of benzene rings is 1. The highest BCUT2D eigenvalue weighted by Crippen LogP contribution is 2.38. The lowest BCUT2D eigenvalue weighted by Gasteiger charge is -2.15. The summed E-state index contributed by atoms with van der Waals surface area (Å²) in [6.07, 6.45) is 3.46. The summed E-state index contributed by atoms with van der Waals surface area (Å²) in [6, 6.07) is 2.19. The molecule has 104 valence electrons. The number of carbonyl (C=O) groups is 1. The van der Waals surface area contributed by atoms with Crippen LogP contribution >= 0.6 is 11.6 Å². The Morgan fingerprint density at radius 1 is 1.40 bits per heavy atom. The topological polar surface area (TPSA) is 59.3 Å². The first-order valence-electron chi connectivity index (χ1n) is 6.49. The fraction of sp³-hybridized carbons (Fsp3) is 0.333. The first kappa shape index (κ1) is 13.2. The molecule has 0 atom stereocenters. The number of aromatic carboxylic acids is 1. The molecule has 3 rings (SSSR count). The second kappa shape index (κ2) is 4.35. The van der Waals surface area contributed by atoms with Crippen molar-refractivity contribution in [3.8, 4) is 0 Å². The van der Waals surface area contributed by atoms with E-state index in [1.54, 1.807) is 0 Å². The fourth-order valence-corrected chi connectivity index (χ4v) is 2.82. The van der Waals surface area contributed by atoms with E-state index in [9.17, 15) is 14.7 Å². The van der Waals surface area contributed by atoms with Crippen molar-refractivity contribution < 1.29 is 9.90 Å². The lowest BCUT2D eigenvalue weighted by atomic mass is 10.0. The maximum Gasteiger partial charge on any atom is 0.341 e. The van der Waals surface area contributed by atoms with Crippen LogP contribution in [0.3, 0.4) is 0 Å². The molecule has 1 N–H and O–H groups in total. The number of hydrogen-bond donors (Lipinski definition) is 1. The molecule has 0 bridgehead atoms. The SMILES string of the molecule is Cc1cc2c(c(Cl)c1C)c(=O)c(C(=O)O)cn2C1CC1. The molecule has 0 amide bonds. The normalized spacial score (nSPS) is 14.8. The predicted molar refractivity (Wildman–Crippen MR) is 77.9 cm³/mol. The van der Waals surface area contributed by atoms with Gasteiger partial charge in [0.15, 0.2) is 0 Å². The third kappa shape index (κ3) is 1.83. The average molecular weight is 292 g/mol. The Morgan fingerprint density at radius 3 is 2.60 bits per heavy atom. The molecule has 0 radical (unpaired) electrons. The molecule has 4 nitrogen and oxygen atoms in total. The molecule has 0 spiro atoms. The van der Waals surface area contributed by atoms with Crippen molar-refractivity contribution in [3.05, 3.63) is 44.2 Å². The van der Waals surface area contributed by atoms with Crippen LogP contribution in [0.2, 0.25) is 5.02 Å². The minimum atomic E-state index is -1.21. The zero-order valence-corrected chi connectivity index (χ0v) is 12.0. The fourth-order valence-electron chi connectivity index (χ4n) is 2.49. The van der Waals surface area contributed by atoms with E-state index in [0.717, 1.165) is 29.5 Å². The highest BCUT2D eigenvalue weighted by molar-refractivity contribution is 6.36. The van der Waals surface area contributed by atoms with Gasteiger partial charge in [0.1, 0.15) is 5.56 Å². The monoisotopic (exact) mass is 291 g/mol. The van der Waals surface area contributed by atoms with Gasteiger partial charge in [0.2, 0.25) is 5.43 Å². The van der Waals surface area contributed by atoms with Crippen LogP contribution in [0.25, 0.3) is 10.9 Å². The molecular weight excluding hydrogens is 278 g/mol. The van der Waals surface area contributed by atoms with E-state index >= 15 is 0 Å². The smallest absolute Gasteiger partial charge is 0.341 e. The van der Waals surface area contributed by atoms with Crippen LogP contribution in [0.5, 0.6) is 0 Å². The second-order valence-corrected chi connectivity index (χ2v) is 5.72. The maximum atomic E-state index is 12.4. The minimum Gasteiger partial charge on any atom is -0.477 e. The summed E-state index contributed by atoms with van der Waals surface area (Å²) >= 11 is 6.30. The molecule has 0 saturated heterocycles. The Hall–Kier alpha value is -1.81. The summed E-state index contributed by atoms with van der Waals surface area (Å²) in [5.41, 5.74) is 1.84. The van der Waals surface area contributed by atoms with Crippen LogP contribution in [0.1, 0.15) is 40.4 Å². The molecule has 1 aliphatic carbocycles. The second-order valence-electron chi connectivity index (χ2n) is 5.34. The molecule has 2 aromatic rings. The number of carboxylic acids is 1. The van der Waals surface area contributed by atoms with Crippen molar-refractivity contribution in [2.75, 3.05) is 0 Å². The van der Waals surface area contributed by atoms with Gasteiger partial charge in [-0.3, -0.25) is 4.79 Å². The number of carboxylic acid groups (broad SMARTS) is 1. The van der Waals surface area contributed by atoms with E-state index < -0.39 is 11.4 Å². The van der Waals surface area contributed by atoms with E-state index in [0.29, 0.717) is 10.4 Å². The number of rotatable bonds is 2. The van der Waals surface area contributed by atoms with Crippen molar-refractivity contribution in [1.82, 2.24) is 4.57 Å².